The summed E-state index contributed by atoms with van der Waals surface area (Å²) >= 11 is 0. The van der Waals surface area contributed by atoms with Gasteiger partial charge in [0.2, 0.25) is 0 Å². The molecule has 1 aromatic rings. The minimum Gasteiger partial charge on any atom is -0.385 e. The number of ether oxygens (including phenoxy) is 1. The molecule has 0 aliphatic heterocycles. The van der Waals surface area contributed by atoms with Crippen LogP contribution in [-0.2, 0) is 18.3 Å². The van der Waals surface area contributed by atoms with Crippen molar-refractivity contribution in [1.29, 1.82) is 0 Å². The lowest BCUT2D eigenvalue weighted by Crippen LogP contribution is -2.46. The van der Waals surface area contributed by atoms with E-state index in [-0.39, 0.29) is 24.0 Å². The maximum Gasteiger partial charge on any atom is 0.191 e. The molecule has 1 heterocycles. The number of hydrogen-bond donors (Lipinski definition) is 2. The van der Waals surface area contributed by atoms with Gasteiger partial charge in [0.05, 0.1) is 0 Å². The van der Waals surface area contributed by atoms with Crippen molar-refractivity contribution in [3.8, 4) is 0 Å². The van der Waals surface area contributed by atoms with Crippen LogP contribution < -0.4 is 10.6 Å². The Hall–Kier alpha value is -0.900. The number of nitrogens with one attached hydrogen (secondary N) is 2. The monoisotopic (exact) mass is 490 g/mol. The Morgan fingerprint density at radius 3 is 2.59 bits per heavy atom. The van der Waals surface area contributed by atoms with E-state index in [4.69, 9.17) is 9.73 Å². The van der Waals surface area contributed by atoms with E-state index in [2.05, 4.69) is 20.8 Å². The van der Waals surface area contributed by atoms with Crippen LogP contribution in [0.3, 0.4) is 0 Å². The molecular weight excluding hydrogens is 455 g/mol. The van der Waals surface area contributed by atoms with Gasteiger partial charge in [-0.25, -0.2) is 4.99 Å². The summed E-state index contributed by atoms with van der Waals surface area (Å²) in [5, 5.41) is 15.6. The summed E-state index contributed by atoms with van der Waals surface area (Å²) in [6.07, 6.45) is 10.1. The summed E-state index contributed by atoms with van der Waals surface area (Å²) in [6, 6.07) is 0.533. The minimum atomic E-state index is 0. The SMILES string of the molecule is COCCC1(CNC(=NCc2nnc(C)n2C)NC2CCCCC2)CC1.I. The van der Waals surface area contributed by atoms with Crippen LogP contribution >= 0.6 is 24.0 Å². The molecular formula is C19H35IN6O. The van der Waals surface area contributed by atoms with Crippen LogP contribution in [0.25, 0.3) is 0 Å². The highest BCUT2D eigenvalue weighted by Gasteiger charge is 2.42. The molecule has 0 amide bonds. The summed E-state index contributed by atoms with van der Waals surface area (Å²) in [5.41, 5.74) is 0.395. The zero-order chi connectivity index (χ0) is 18.4. The molecule has 0 radical (unpaired) electrons. The summed E-state index contributed by atoms with van der Waals surface area (Å²) in [7, 11) is 3.77. The topological polar surface area (TPSA) is 76.4 Å². The van der Waals surface area contributed by atoms with Crippen LogP contribution in [0.1, 0.15) is 63.0 Å². The van der Waals surface area contributed by atoms with E-state index in [9.17, 15) is 0 Å². The summed E-state index contributed by atoms with van der Waals surface area (Å²) < 4.78 is 7.28. The molecule has 3 rings (SSSR count). The van der Waals surface area contributed by atoms with Gasteiger partial charge in [-0.15, -0.1) is 34.2 Å². The lowest BCUT2D eigenvalue weighted by atomic mass is 9.96. The van der Waals surface area contributed by atoms with Crippen molar-refractivity contribution in [2.45, 2.75) is 70.9 Å². The fraction of sp³-hybridized carbons (Fsp3) is 0.842. The third-order valence-corrected chi connectivity index (χ3v) is 5.93. The van der Waals surface area contributed by atoms with E-state index in [1.54, 1.807) is 7.11 Å². The van der Waals surface area contributed by atoms with Gasteiger partial charge in [-0.05, 0) is 44.4 Å². The number of halogens is 1. The van der Waals surface area contributed by atoms with Gasteiger partial charge in [-0.3, -0.25) is 0 Å². The summed E-state index contributed by atoms with van der Waals surface area (Å²) in [4.78, 5) is 4.81. The van der Waals surface area contributed by atoms with Crippen LogP contribution in [0.2, 0.25) is 0 Å². The van der Waals surface area contributed by atoms with Gasteiger partial charge < -0.3 is 19.9 Å². The van der Waals surface area contributed by atoms with Crippen molar-refractivity contribution in [3.05, 3.63) is 11.6 Å². The van der Waals surface area contributed by atoms with Gasteiger partial charge in [-0.2, -0.15) is 0 Å². The molecule has 2 fully saturated rings. The molecule has 154 valence electrons. The second-order valence-electron chi connectivity index (χ2n) is 7.96. The van der Waals surface area contributed by atoms with Crippen LogP contribution in [0.15, 0.2) is 4.99 Å². The number of guanidine groups is 1. The largest absolute Gasteiger partial charge is 0.385 e. The Morgan fingerprint density at radius 1 is 1.26 bits per heavy atom. The summed E-state index contributed by atoms with van der Waals surface area (Å²) in [5.74, 6) is 2.73. The quantitative estimate of drug-likeness (QED) is 0.333. The van der Waals surface area contributed by atoms with Crippen molar-refractivity contribution in [2.75, 3.05) is 20.3 Å². The fourth-order valence-corrected chi connectivity index (χ4v) is 3.61. The molecule has 0 aromatic carbocycles. The molecule has 2 saturated carbocycles. The zero-order valence-electron chi connectivity index (χ0n) is 17.0. The van der Waals surface area contributed by atoms with Crippen molar-refractivity contribution in [2.24, 2.45) is 17.5 Å². The van der Waals surface area contributed by atoms with E-state index >= 15 is 0 Å². The Morgan fingerprint density at radius 2 is 2.00 bits per heavy atom. The number of aliphatic imine (C=N–C) groups is 1. The van der Waals surface area contributed by atoms with Gasteiger partial charge in [-0.1, -0.05) is 19.3 Å². The molecule has 2 aliphatic rings. The number of hydrogen-bond acceptors (Lipinski definition) is 4. The Kier molecular flexibility index (Phi) is 8.78. The molecule has 2 aliphatic carbocycles. The minimum absolute atomic E-state index is 0. The van der Waals surface area contributed by atoms with E-state index < -0.39 is 0 Å². The Bertz CT molecular complexity index is 607. The molecule has 2 N–H and O–H groups in total. The second-order valence-corrected chi connectivity index (χ2v) is 7.96. The van der Waals surface area contributed by atoms with Crippen LogP contribution in [0.5, 0.6) is 0 Å². The van der Waals surface area contributed by atoms with Gasteiger partial charge >= 0.3 is 0 Å². The van der Waals surface area contributed by atoms with Crippen molar-refractivity contribution in [3.63, 3.8) is 0 Å². The first-order valence-electron chi connectivity index (χ1n) is 10.0. The van der Waals surface area contributed by atoms with E-state index in [1.807, 2.05) is 18.5 Å². The highest BCUT2D eigenvalue weighted by molar-refractivity contribution is 14.0. The number of aromatic nitrogens is 3. The molecule has 0 spiro atoms. The van der Waals surface area contributed by atoms with Crippen LogP contribution in [-0.4, -0.2) is 47.0 Å². The molecule has 8 heteroatoms. The molecule has 0 saturated heterocycles. The number of aryl methyl sites for hydroxylation is 1. The van der Waals surface area contributed by atoms with Crippen LogP contribution in [0.4, 0.5) is 0 Å². The fourth-order valence-electron chi connectivity index (χ4n) is 3.61. The third-order valence-electron chi connectivity index (χ3n) is 5.93. The van der Waals surface area contributed by atoms with Crippen molar-refractivity contribution < 1.29 is 4.74 Å². The molecule has 27 heavy (non-hydrogen) atoms. The maximum absolute atomic E-state index is 5.28. The lowest BCUT2D eigenvalue weighted by Gasteiger charge is -2.26. The predicted octanol–water partition coefficient (Wildman–Crippen LogP) is 2.93. The summed E-state index contributed by atoms with van der Waals surface area (Å²) in [6.45, 7) is 4.31. The van der Waals surface area contributed by atoms with Gasteiger partial charge in [0, 0.05) is 33.4 Å². The molecule has 0 atom stereocenters. The molecule has 0 bridgehead atoms. The Labute approximate surface area is 180 Å². The van der Waals surface area contributed by atoms with Gasteiger partial charge in [0.1, 0.15) is 12.4 Å². The van der Waals surface area contributed by atoms with Crippen molar-refractivity contribution >= 4 is 29.9 Å². The highest BCUT2D eigenvalue weighted by Crippen LogP contribution is 2.48. The standard InChI is InChI=1S/C19H34N6O.HI/c1-15-23-24-17(25(15)2)13-20-18(22-16-7-5-4-6-8-16)21-14-19(9-10-19)11-12-26-3;/h16H,4-14H2,1-3H3,(H2,20,21,22);1H. The van der Waals surface area contributed by atoms with Crippen LogP contribution in [0, 0.1) is 12.3 Å². The first-order valence-corrected chi connectivity index (χ1v) is 10.0. The highest BCUT2D eigenvalue weighted by atomic mass is 127. The van der Waals surface area contributed by atoms with E-state index in [0.717, 1.165) is 37.2 Å². The molecule has 7 nitrogen and oxygen atoms in total. The van der Waals surface area contributed by atoms with E-state index in [0.29, 0.717) is 18.0 Å². The van der Waals surface area contributed by atoms with Gasteiger partial charge in [0.15, 0.2) is 11.8 Å². The zero-order valence-corrected chi connectivity index (χ0v) is 19.3. The lowest BCUT2D eigenvalue weighted by molar-refractivity contribution is 0.172. The number of rotatable bonds is 8. The average molecular weight is 490 g/mol. The molecule has 0 unspecified atom stereocenters. The predicted molar refractivity (Wildman–Crippen MR) is 118 cm³/mol. The first-order chi connectivity index (χ1) is 12.6. The second kappa shape index (κ2) is 10.6. The van der Waals surface area contributed by atoms with Gasteiger partial charge in [0.25, 0.3) is 0 Å². The number of nitrogens with zero attached hydrogens (tertiary/aromatic N) is 4. The number of methoxy groups -OCH3 is 1. The molecule has 1 aromatic heterocycles. The average Bonchev–Trinajstić information content (AvgIpc) is 3.37. The van der Waals surface area contributed by atoms with E-state index in [1.165, 1.54) is 44.9 Å². The third kappa shape index (κ3) is 6.58. The smallest absolute Gasteiger partial charge is 0.191 e. The Balaban J connectivity index is 0.00000261. The maximum atomic E-state index is 5.28. The normalized spacial score (nSPS) is 19.4. The first kappa shape index (κ1) is 22.4. The van der Waals surface area contributed by atoms with Crippen molar-refractivity contribution in [1.82, 2.24) is 25.4 Å².